The summed E-state index contributed by atoms with van der Waals surface area (Å²) < 4.78 is 0. The van der Waals surface area contributed by atoms with Gasteiger partial charge in [-0.05, 0) is 5.56 Å². The van der Waals surface area contributed by atoms with Gasteiger partial charge in [0.15, 0.2) is 0 Å². The molecule has 0 saturated carbocycles. The van der Waals surface area contributed by atoms with Crippen molar-refractivity contribution in [3.63, 3.8) is 0 Å². The van der Waals surface area contributed by atoms with E-state index in [9.17, 15) is 9.90 Å². The fraction of sp³-hybridized carbons (Fsp3) is 0. The molecule has 1 aromatic rings. The topological polar surface area (TPSA) is 40.1 Å². The molecule has 0 heterocycles. The number of aromatic carboxylic acids is 1. The first-order valence-corrected chi connectivity index (χ1v) is 2.57. The van der Waals surface area contributed by atoms with Crippen LogP contribution in [0.5, 0.6) is 0 Å². The third-order valence-corrected chi connectivity index (χ3v) is 1.01. The van der Waals surface area contributed by atoms with Gasteiger partial charge in [-0.25, -0.2) is 0 Å². The molecule has 0 spiro atoms. The van der Waals surface area contributed by atoms with Crippen molar-refractivity contribution < 1.29 is 61.3 Å². The van der Waals surface area contributed by atoms with Crippen LogP contribution in [-0.4, -0.2) is 35.5 Å². The predicted octanol–water partition coefficient (Wildman–Crippen LogP) is -3.59. The molecular formula is C7H6KNaO2. The Morgan fingerprint density at radius 2 is 1.64 bits per heavy atom. The van der Waals surface area contributed by atoms with Crippen LogP contribution in [0.25, 0.3) is 0 Å². The van der Waals surface area contributed by atoms with Crippen LogP contribution in [0.1, 0.15) is 10.4 Å². The van der Waals surface area contributed by atoms with E-state index >= 15 is 0 Å². The van der Waals surface area contributed by atoms with Crippen LogP contribution in [0, 0.1) is 0 Å². The van der Waals surface area contributed by atoms with Crippen LogP contribution in [0.15, 0.2) is 30.3 Å². The van der Waals surface area contributed by atoms with Crippen molar-refractivity contribution in [2.24, 2.45) is 0 Å². The molecule has 0 unspecified atom stereocenters. The predicted molar refractivity (Wildman–Crippen MR) is 37.9 cm³/mol. The Morgan fingerprint density at radius 1 is 1.18 bits per heavy atom. The van der Waals surface area contributed by atoms with E-state index in [1.54, 1.807) is 18.2 Å². The minimum absolute atomic E-state index is 0. The third-order valence-electron chi connectivity index (χ3n) is 1.01. The summed E-state index contributed by atoms with van der Waals surface area (Å²) in [6, 6.07) is 8.06. The molecule has 0 bridgehead atoms. The minimum atomic E-state index is -1.13. The van der Waals surface area contributed by atoms with Gasteiger partial charge in [0.1, 0.15) is 0 Å². The van der Waals surface area contributed by atoms with E-state index < -0.39 is 5.97 Å². The fourth-order valence-electron chi connectivity index (χ4n) is 0.574. The number of rotatable bonds is 1. The average Bonchev–Trinajstić information content (AvgIpc) is 1.90. The monoisotopic (exact) mass is 184 g/mol. The molecule has 0 aromatic heterocycles. The second-order valence-electron chi connectivity index (χ2n) is 1.65. The zero-order chi connectivity index (χ0) is 6.69. The van der Waals surface area contributed by atoms with Gasteiger partial charge in [-0.15, -0.1) is 0 Å². The summed E-state index contributed by atoms with van der Waals surface area (Å²) in [6.07, 6.45) is 0. The van der Waals surface area contributed by atoms with Crippen LogP contribution < -0.4 is 56.5 Å². The molecule has 2 nitrogen and oxygen atoms in total. The summed E-state index contributed by atoms with van der Waals surface area (Å²) in [7, 11) is 0. The summed E-state index contributed by atoms with van der Waals surface area (Å²) in [5, 5.41) is 10.1. The van der Waals surface area contributed by atoms with Crippen LogP contribution >= 0.6 is 0 Å². The Labute approximate surface area is 130 Å². The van der Waals surface area contributed by atoms with Gasteiger partial charge in [0, 0.05) is 0 Å². The maximum absolute atomic E-state index is 10.1. The van der Waals surface area contributed by atoms with Crippen molar-refractivity contribution in [1.82, 2.24) is 0 Å². The molecule has 0 N–H and O–H groups in total. The molecule has 0 fully saturated rings. The first-order valence-electron chi connectivity index (χ1n) is 2.57. The summed E-state index contributed by atoms with van der Waals surface area (Å²) in [6.45, 7) is 0. The van der Waals surface area contributed by atoms with E-state index in [0.29, 0.717) is 0 Å². The van der Waals surface area contributed by atoms with Crippen LogP contribution in [0.2, 0.25) is 0 Å². The van der Waals surface area contributed by atoms with Crippen molar-refractivity contribution in [1.29, 1.82) is 0 Å². The quantitative estimate of drug-likeness (QED) is 0.423. The van der Waals surface area contributed by atoms with Crippen LogP contribution in [0.3, 0.4) is 0 Å². The zero-order valence-corrected chi connectivity index (χ0v) is 8.83. The zero-order valence-electron chi connectivity index (χ0n) is 5.70. The second-order valence-corrected chi connectivity index (χ2v) is 1.65. The second kappa shape index (κ2) is 7.95. The van der Waals surface area contributed by atoms with Gasteiger partial charge in [-0.1, -0.05) is 30.3 Å². The van der Waals surface area contributed by atoms with Crippen molar-refractivity contribution >= 4 is 35.5 Å². The van der Waals surface area contributed by atoms with Crippen molar-refractivity contribution in [3.8, 4) is 0 Å². The van der Waals surface area contributed by atoms with Crippen molar-refractivity contribution in [3.05, 3.63) is 35.9 Å². The molecule has 0 radical (unpaired) electrons. The summed E-state index contributed by atoms with van der Waals surface area (Å²) >= 11 is 0. The number of carbonyl (C=O) groups excluding carboxylic acids is 1. The molecule has 0 aliphatic heterocycles. The Balaban J connectivity index is 0. The Kier molecular flexibility index (Phi) is 10.7. The van der Waals surface area contributed by atoms with E-state index in [0.717, 1.165) is 0 Å². The number of benzene rings is 1. The normalized spacial score (nSPS) is 7.27. The van der Waals surface area contributed by atoms with Crippen molar-refractivity contribution in [2.45, 2.75) is 0 Å². The molecule has 11 heavy (non-hydrogen) atoms. The average molecular weight is 184 g/mol. The summed E-state index contributed by atoms with van der Waals surface area (Å²) in [5.74, 6) is -1.13. The fourth-order valence-corrected chi connectivity index (χ4v) is 0.574. The van der Waals surface area contributed by atoms with E-state index in [-0.39, 0.29) is 86.5 Å². The van der Waals surface area contributed by atoms with Gasteiger partial charge in [0.05, 0.1) is 5.97 Å². The van der Waals surface area contributed by atoms with Crippen molar-refractivity contribution in [2.75, 3.05) is 0 Å². The van der Waals surface area contributed by atoms with Gasteiger partial charge in [-0.2, -0.15) is 0 Å². The van der Waals surface area contributed by atoms with E-state index in [1.165, 1.54) is 12.1 Å². The van der Waals surface area contributed by atoms with Gasteiger partial charge in [-0.3, -0.25) is 0 Å². The van der Waals surface area contributed by atoms with E-state index in [2.05, 4.69) is 0 Å². The molecule has 4 heteroatoms. The van der Waals surface area contributed by atoms with Gasteiger partial charge in [0.25, 0.3) is 0 Å². The number of carboxylic acid groups (broad SMARTS) is 1. The number of carboxylic acids is 1. The van der Waals surface area contributed by atoms with Crippen LogP contribution in [0.4, 0.5) is 0 Å². The molecule has 0 atom stereocenters. The standard InChI is InChI=1S/C7H6O2.K.Na.H/c8-7(9)6-4-2-1-3-5-6;;;/h1-5H,(H,8,9);;;/q;+1;;/p-1. The van der Waals surface area contributed by atoms with E-state index in [1.807, 2.05) is 0 Å². The first kappa shape index (κ1) is 14.8. The van der Waals surface area contributed by atoms with E-state index in [4.69, 9.17) is 0 Å². The molecule has 0 amide bonds. The molecular weight excluding hydrogens is 178 g/mol. The molecule has 1 aromatic carbocycles. The summed E-state index contributed by atoms with van der Waals surface area (Å²) in [5.41, 5.74) is 0.220. The Morgan fingerprint density at radius 3 is 1.91 bits per heavy atom. The Bertz CT molecular complexity index is 213. The molecule has 0 aliphatic carbocycles. The van der Waals surface area contributed by atoms with Gasteiger partial charge < -0.3 is 9.90 Å². The van der Waals surface area contributed by atoms with Crippen LogP contribution in [-0.2, 0) is 0 Å². The number of hydrogen-bond donors (Lipinski definition) is 0. The Hall–Kier alpha value is 1.33. The first-order chi connectivity index (χ1) is 4.30. The SMILES string of the molecule is O=C([O-])c1ccccc1.[K+].[NaH]. The third kappa shape index (κ3) is 5.55. The number of hydrogen-bond acceptors (Lipinski definition) is 2. The summed E-state index contributed by atoms with van der Waals surface area (Å²) in [4.78, 5) is 10.1. The molecule has 1 rings (SSSR count). The molecule has 0 aliphatic rings. The molecule has 0 saturated heterocycles. The molecule has 48 valence electrons. The number of carbonyl (C=O) groups is 1. The van der Waals surface area contributed by atoms with Gasteiger partial charge in [0.2, 0.25) is 0 Å². The van der Waals surface area contributed by atoms with Gasteiger partial charge >= 0.3 is 80.9 Å². The maximum atomic E-state index is 10.1.